The number of H-pyrrole nitrogens is 1. The molecule has 2 heterocycles. The summed E-state index contributed by atoms with van der Waals surface area (Å²) in [4.78, 5) is 12.1. The van der Waals surface area contributed by atoms with E-state index in [0.29, 0.717) is 22.8 Å². The van der Waals surface area contributed by atoms with Gasteiger partial charge in [0.1, 0.15) is 11.3 Å². The summed E-state index contributed by atoms with van der Waals surface area (Å²) >= 11 is 0. The Kier molecular flexibility index (Phi) is 3.18. The first-order chi connectivity index (χ1) is 8.79. The number of hydrogen-bond acceptors (Lipinski definition) is 4. The lowest BCUT2D eigenvalue weighted by molar-refractivity contribution is 0.102. The maximum absolute atomic E-state index is 12.1. The molecule has 0 aliphatic carbocycles. The van der Waals surface area contributed by atoms with Crippen LogP contribution in [0.4, 0.5) is 5.82 Å². The molecule has 2 aromatic rings. The fourth-order valence-electron chi connectivity index (χ4n) is 1.76. The lowest BCUT2D eigenvalue weighted by Gasteiger charge is -2.14. The average molecular weight is 262 g/mol. The van der Waals surface area contributed by atoms with E-state index in [-0.39, 0.29) is 11.3 Å². The molecule has 0 aromatic carbocycles. The second kappa shape index (κ2) is 4.53. The number of hydrogen-bond donors (Lipinski definition) is 2. The van der Waals surface area contributed by atoms with Crippen LogP contribution in [0.2, 0.25) is 0 Å². The number of carbonyl (C=O) groups is 1. The van der Waals surface area contributed by atoms with Crippen molar-refractivity contribution < 1.29 is 9.32 Å². The Hall–Kier alpha value is -2.11. The number of amides is 1. The summed E-state index contributed by atoms with van der Waals surface area (Å²) in [6, 6.07) is 1.83. The molecule has 0 saturated heterocycles. The fourth-order valence-corrected chi connectivity index (χ4v) is 1.76. The molecular formula is C13H18N4O2. The van der Waals surface area contributed by atoms with Gasteiger partial charge in [-0.05, 0) is 13.8 Å². The molecule has 19 heavy (non-hydrogen) atoms. The second-order valence-corrected chi connectivity index (χ2v) is 5.57. The zero-order chi connectivity index (χ0) is 14.2. The summed E-state index contributed by atoms with van der Waals surface area (Å²) in [6.45, 7) is 9.65. The van der Waals surface area contributed by atoms with Gasteiger partial charge in [-0.25, -0.2) is 0 Å². The first kappa shape index (κ1) is 13.3. The SMILES string of the molecule is Cc1noc(C)c1C(=O)Nc1cc(C(C)(C)C)[nH]n1. The van der Waals surface area contributed by atoms with Gasteiger partial charge in [-0.1, -0.05) is 25.9 Å². The van der Waals surface area contributed by atoms with E-state index in [9.17, 15) is 4.79 Å². The molecule has 2 N–H and O–H groups in total. The highest BCUT2D eigenvalue weighted by Crippen LogP contribution is 2.22. The van der Waals surface area contributed by atoms with Crippen molar-refractivity contribution in [2.45, 2.75) is 40.0 Å². The van der Waals surface area contributed by atoms with Crippen LogP contribution in [0, 0.1) is 13.8 Å². The van der Waals surface area contributed by atoms with E-state index in [1.165, 1.54) is 0 Å². The Balaban J connectivity index is 2.18. The van der Waals surface area contributed by atoms with Gasteiger partial charge in [0.2, 0.25) is 0 Å². The van der Waals surface area contributed by atoms with E-state index in [1.54, 1.807) is 13.8 Å². The van der Waals surface area contributed by atoms with Crippen LogP contribution in [-0.2, 0) is 5.41 Å². The normalized spacial score (nSPS) is 11.6. The van der Waals surface area contributed by atoms with Crippen molar-refractivity contribution in [2.24, 2.45) is 0 Å². The summed E-state index contributed by atoms with van der Waals surface area (Å²) in [5.74, 6) is 0.736. The number of rotatable bonds is 2. The molecule has 0 bridgehead atoms. The summed E-state index contributed by atoms with van der Waals surface area (Å²) < 4.78 is 4.97. The molecule has 0 radical (unpaired) electrons. The highest BCUT2D eigenvalue weighted by atomic mass is 16.5. The average Bonchev–Trinajstić information content (AvgIpc) is 2.85. The fraction of sp³-hybridized carbons (Fsp3) is 0.462. The van der Waals surface area contributed by atoms with Crippen molar-refractivity contribution in [1.82, 2.24) is 15.4 Å². The number of aryl methyl sites for hydroxylation is 2. The minimum Gasteiger partial charge on any atom is -0.361 e. The zero-order valence-corrected chi connectivity index (χ0v) is 11.8. The molecule has 0 saturated carbocycles. The van der Waals surface area contributed by atoms with Crippen molar-refractivity contribution in [3.63, 3.8) is 0 Å². The molecule has 102 valence electrons. The van der Waals surface area contributed by atoms with E-state index in [0.717, 1.165) is 5.69 Å². The minimum absolute atomic E-state index is 0.0427. The van der Waals surface area contributed by atoms with Gasteiger partial charge < -0.3 is 9.84 Å². The maximum atomic E-state index is 12.1. The van der Waals surface area contributed by atoms with Gasteiger partial charge in [-0.15, -0.1) is 0 Å². The van der Waals surface area contributed by atoms with Crippen LogP contribution in [0.5, 0.6) is 0 Å². The van der Waals surface area contributed by atoms with Gasteiger partial charge in [0.15, 0.2) is 5.82 Å². The Bertz CT molecular complexity index is 585. The summed E-state index contributed by atoms with van der Waals surface area (Å²) in [7, 11) is 0. The van der Waals surface area contributed by atoms with Gasteiger partial charge >= 0.3 is 0 Å². The third-order valence-electron chi connectivity index (χ3n) is 2.89. The standard InChI is InChI=1S/C13H18N4O2/c1-7-11(8(2)19-17-7)12(18)14-10-6-9(15-16-10)13(3,4)5/h6H,1-5H3,(H2,14,15,16,18). The smallest absolute Gasteiger partial charge is 0.262 e. The van der Waals surface area contributed by atoms with Gasteiger partial charge in [0.25, 0.3) is 5.91 Å². The first-order valence-corrected chi connectivity index (χ1v) is 6.09. The largest absolute Gasteiger partial charge is 0.361 e. The van der Waals surface area contributed by atoms with Gasteiger partial charge in [0.05, 0.1) is 5.69 Å². The minimum atomic E-state index is -0.261. The second-order valence-electron chi connectivity index (χ2n) is 5.57. The molecule has 0 spiro atoms. The van der Waals surface area contributed by atoms with Crippen LogP contribution in [-0.4, -0.2) is 21.3 Å². The topological polar surface area (TPSA) is 83.8 Å². The quantitative estimate of drug-likeness (QED) is 0.871. The molecule has 2 aromatic heterocycles. The monoisotopic (exact) mass is 262 g/mol. The third kappa shape index (κ3) is 2.67. The van der Waals surface area contributed by atoms with E-state index >= 15 is 0 Å². The van der Waals surface area contributed by atoms with Crippen LogP contribution in [0.1, 0.15) is 48.3 Å². The number of aromatic nitrogens is 3. The molecule has 1 amide bonds. The molecular weight excluding hydrogens is 244 g/mol. The highest BCUT2D eigenvalue weighted by Gasteiger charge is 2.20. The lowest BCUT2D eigenvalue weighted by atomic mass is 9.92. The van der Waals surface area contributed by atoms with Gasteiger partial charge in [0, 0.05) is 17.2 Å². The molecule has 0 fully saturated rings. The molecule has 2 rings (SSSR count). The maximum Gasteiger partial charge on any atom is 0.262 e. The summed E-state index contributed by atoms with van der Waals surface area (Å²) in [5.41, 5.74) is 1.95. The Morgan fingerprint density at radius 3 is 2.53 bits per heavy atom. The highest BCUT2D eigenvalue weighted by molar-refractivity contribution is 6.05. The Morgan fingerprint density at radius 2 is 2.05 bits per heavy atom. The number of nitrogens with one attached hydrogen (secondary N) is 2. The van der Waals surface area contributed by atoms with Crippen LogP contribution < -0.4 is 5.32 Å². The van der Waals surface area contributed by atoms with Crippen molar-refractivity contribution in [3.8, 4) is 0 Å². The first-order valence-electron chi connectivity index (χ1n) is 6.09. The van der Waals surface area contributed by atoms with Crippen molar-refractivity contribution >= 4 is 11.7 Å². The van der Waals surface area contributed by atoms with Crippen molar-refractivity contribution in [2.75, 3.05) is 5.32 Å². The van der Waals surface area contributed by atoms with Gasteiger partial charge in [-0.3, -0.25) is 9.89 Å². The van der Waals surface area contributed by atoms with Crippen molar-refractivity contribution in [3.05, 3.63) is 28.8 Å². The number of aromatic amines is 1. The molecule has 0 unspecified atom stereocenters. The van der Waals surface area contributed by atoms with Crippen LogP contribution in [0.25, 0.3) is 0 Å². The van der Waals surface area contributed by atoms with E-state index in [2.05, 4.69) is 41.4 Å². The summed E-state index contributed by atoms with van der Waals surface area (Å²) in [5, 5.41) is 13.5. The van der Waals surface area contributed by atoms with E-state index < -0.39 is 0 Å². The van der Waals surface area contributed by atoms with Crippen molar-refractivity contribution in [1.29, 1.82) is 0 Å². The van der Waals surface area contributed by atoms with Gasteiger partial charge in [-0.2, -0.15) is 5.10 Å². The molecule has 0 aliphatic heterocycles. The molecule has 6 nitrogen and oxygen atoms in total. The predicted octanol–water partition coefficient (Wildman–Crippen LogP) is 2.56. The van der Waals surface area contributed by atoms with E-state index in [1.807, 2.05) is 6.07 Å². The molecule has 0 atom stereocenters. The predicted molar refractivity (Wildman–Crippen MR) is 71.2 cm³/mol. The number of nitrogens with zero attached hydrogens (tertiary/aromatic N) is 2. The summed E-state index contributed by atoms with van der Waals surface area (Å²) in [6.07, 6.45) is 0. The molecule has 6 heteroatoms. The number of carbonyl (C=O) groups excluding carboxylic acids is 1. The zero-order valence-electron chi connectivity index (χ0n) is 11.8. The number of anilines is 1. The molecule has 0 aliphatic rings. The van der Waals surface area contributed by atoms with Crippen LogP contribution in [0.15, 0.2) is 10.6 Å². The van der Waals surface area contributed by atoms with Crippen LogP contribution >= 0.6 is 0 Å². The third-order valence-corrected chi connectivity index (χ3v) is 2.89. The Morgan fingerprint density at radius 1 is 1.37 bits per heavy atom. The van der Waals surface area contributed by atoms with Crippen LogP contribution in [0.3, 0.4) is 0 Å². The lowest BCUT2D eigenvalue weighted by Crippen LogP contribution is -2.14. The Labute approximate surface area is 111 Å². The van der Waals surface area contributed by atoms with E-state index in [4.69, 9.17) is 4.52 Å².